The summed E-state index contributed by atoms with van der Waals surface area (Å²) in [4.78, 5) is 2.85. The fourth-order valence-corrected chi connectivity index (χ4v) is 7.38. The van der Waals surface area contributed by atoms with E-state index in [0.29, 0.717) is 18.8 Å². The first-order valence-electron chi connectivity index (χ1n) is 11.2. The minimum Gasteiger partial charge on any atom is -0.494 e. The Morgan fingerprint density at radius 2 is 1.67 bits per heavy atom. The van der Waals surface area contributed by atoms with Crippen LogP contribution < -0.4 is 4.74 Å². The number of aliphatic hydroxyl groups is 1. The lowest BCUT2D eigenvalue weighted by molar-refractivity contribution is -0.121. The Morgan fingerprint density at radius 1 is 1.00 bits per heavy atom. The maximum Gasteiger partial charge on any atom is 0.119 e. The minimum absolute atomic E-state index is 0.0242. The van der Waals surface area contributed by atoms with Crippen molar-refractivity contribution >= 4 is 0 Å². The van der Waals surface area contributed by atoms with Crippen LogP contribution >= 0.6 is 0 Å². The number of piperidine rings is 1. The van der Waals surface area contributed by atoms with Gasteiger partial charge in [-0.25, -0.2) is 0 Å². The SMILES string of the molecule is OCC1(CCOc2ccccc2)CCCN(C23CC4CC(CC(C4)C2)C3)C1. The summed E-state index contributed by atoms with van der Waals surface area (Å²) in [5, 5.41) is 10.4. The molecule has 1 saturated heterocycles. The van der Waals surface area contributed by atoms with Crippen molar-refractivity contribution in [2.75, 3.05) is 26.3 Å². The molecule has 4 bridgehead atoms. The van der Waals surface area contributed by atoms with E-state index >= 15 is 0 Å². The molecule has 6 rings (SSSR count). The first-order valence-corrected chi connectivity index (χ1v) is 11.2. The third-order valence-electron chi connectivity index (χ3n) is 8.32. The Kier molecular flexibility index (Phi) is 4.72. The predicted octanol–water partition coefficient (Wildman–Crippen LogP) is 4.50. The average Bonchev–Trinajstić information content (AvgIpc) is 2.68. The van der Waals surface area contributed by atoms with E-state index in [2.05, 4.69) is 4.90 Å². The second-order valence-electron chi connectivity index (χ2n) is 10.2. The second kappa shape index (κ2) is 7.08. The van der Waals surface area contributed by atoms with Gasteiger partial charge in [-0.1, -0.05) is 18.2 Å². The van der Waals surface area contributed by atoms with E-state index in [1.54, 1.807) is 0 Å². The molecule has 1 aromatic carbocycles. The molecule has 0 spiro atoms. The molecule has 1 aliphatic heterocycles. The minimum atomic E-state index is 0.0242. The Morgan fingerprint density at radius 3 is 2.30 bits per heavy atom. The fourth-order valence-electron chi connectivity index (χ4n) is 7.38. The zero-order valence-electron chi connectivity index (χ0n) is 16.6. The first kappa shape index (κ1) is 18.0. The standard InChI is InChI=1S/C24H35NO2/c26-18-23(8-10-27-22-5-2-1-3-6-22)7-4-9-25(17-23)24-14-19-11-20(15-24)13-21(12-19)16-24/h1-3,5-6,19-21,26H,4,7-18H2. The Labute approximate surface area is 164 Å². The number of likely N-dealkylation sites (tertiary alicyclic amines) is 1. The zero-order chi connectivity index (χ0) is 18.3. The van der Waals surface area contributed by atoms with Gasteiger partial charge in [-0.15, -0.1) is 0 Å². The molecule has 1 atom stereocenters. The number of hydrogen-bond acceptors (Lipinski definition) is 3. The van der Waals surface area contributed by atoms with Crippen LogP contribution in [0.1, 0.15) is 57.8 Å². The topological polar surface area (TPSA) is 32.7 Å². The largest absolute Gasteiger partial charge is 0.494 e. The summed E-state index contributed by atoms with van der Waals surface area (Å²) in [5.41, 5.74) is 0.492. The van der Waals surface area contributed by atoms with Crippen LogP contribution in [0.2, 0.25) is 0 Å². The number of rotatable bonds is 6. The molecule has 1 heterocycles. The van der Waals surface area contributed by atoms with Gasteiger partial charge >= 0.3 is 0 Å². The molecule has 0 aromatic heterocycles. The molecule has 4 aliphatic carbocycles. The molecule has 5 aliphatic rings. The monoisotopic (exact) mass is 369 g/mol. The highest BCUT2D eigenvalue weighted by molar-refractivity contribution is 5.20. The van der Waals surface area contributed by atoms with Crippen LogP contribution in [-0.2, 0) is 0 Å². The van der Waals surface area contributed by atoms with Gasteiger partial charge in [-0.05, 0) is 94.2 Å². The van der Waals surface area contributed by atoms with Crippen molar-refractivity contribution in [3.8, 4) is 5.75 Å². The molecule has 3 heteroatoms. The maximum absolute atomic E-state index is 10.4. The molecular formula is C24H35NO2. The summed E-state index contributed by atoms with van der Waals surface area (Å²) < 4.78 is 5.99. The smallest absolute Gasteiger partial charge is 0.119 e. The van der Waals surface area contributed by atoms with Gasteiger partial charge in [0.2, 0.25) is 0 Å². The van der Waals surface area contributed by atoms with Crippen LogP contribution in [-0.4, -0.2) is 41.8 Å². The molecule has 3 nitrogen and oxygen atoms in total. The lowest BCUT2D eigenvalue weighted by Gasteiger charge is -2.62. The Hall–Kier alpha value is -1.06. The van der Waals surface area contributed by atoms with Crippen molar-refractivity contribution in [3.63, 3.8) is 0 Å². The van der Waals surface area contributed by atoms with Crippen molar-refractivity contribution in [2.45, 2.75) is 63.3 Å². The molecule has 5 fully saturated rings. The van der Waals surface area contributed by atoms with E-state index in [4.69, 9.17) is 4.74 Å². The van der Waals surface area contributed by atoms with E-state index in [-0.39, 0.29) is 5.41 Å². The second-order valence-corrected chi connectivity index (χ2v) is 10.2. The van der Waals surface area contributed by atoms with Gasteiger partial charge in [0.1, 0.15) is 5.75 Å². The first-order chi connectivity index (χ1) is 13.2. The number of benzene rings is 1. The number of aliphatic hydroxyl groups excluding tert-OH is 1. The highest BCUT2D eigenvalue weighted by atomic mass is 16.5. The predicted molar refractivity (Wildman–Crippen MR) is 108 cm³/mol. The summed E-state index contributed by atoms with van der Waals surface area (Å²) in [6.45, 7) is 3.33. The van der Waals surface area contributed by atoms with Gasteiger partial charge in [0.05, 0.1) is 13.2 Å². The van der Waals surface area contributed by atoms with E-state index in [1.165, 1.54) is 51.5 Å². The number of ether oxygens (including phenoxy) is 1. The van der Waals surface area contributed by atoms with Gasteiger partial charge in [0, 0.05) is 17.5 Å². The highest BCUT2D eigenvalue weighted by Gasteiger charge is 2.55. The van der Waals surface area contributed by atoms with Crippen molar-refractivity contribution in [1.29, 1.82) is 0 Å². The van der Waals surface area contributed by atoms with Crippen LogP contribution in [0.4, 0.5) is 0 Å². The van der Waals surface area contributed by atoms with Crippen LogP contribution in [0.15, 0.2) is 30.3 Å². The summed E-state index contributed by atoms with van der Waals surface area (Å²) in [5.74, 6) is 3.91. The van der Waals surface area contributed by atoms with Crippen LogP contribution in [0.5, 0.6) is 5.75 Å². The van der Waals surface area contributed by atoms with Gasteiger partial charge in [-0.3, -0.25) is 4.90 Å². The number of hydrogen-bond donors (Lipinski definition) is 1. The zero-order valence-corrected chi connectivity index (χ0v) is 16.6. The van der Waals surface area contributed by atoms with Gasteiger partial charge in [0.25, 0.3) is 0 Å². The fraction of sp³-hybridized carbons (Fsp3) is 0.750. The van der Waals surface area contributed by atoms with Gasteiger partial charge in [-0.2, -0.15) is 0 Å². The third-order valence-corrected chi connectivity index (χ3v) is 8.32. The molecule has 0 radical (unpaired) electrons. The molecule has 1 aromatic rings. The molecule has 0 amide bonds. The normalized spacial score (nSPS) is 41.0. The quantitative estimate of drug-likeness (QED) is 0.801. The molecular weight excluding hydrogens is 334 g/mol. The van der Waals surface area contributed by atoms with Gasteiger partial charge in [0.15, 0.2) is 0 Å². The molecule has 1 N–H and O–H groups in total. The van der Waals surface area contributed by atoms with Crippen molar-refractivity contribution in [1.82, 2.24) is 4.90 Å². The maximum atomic E-state index is 10.4. The summed E-state index contributed by atoms with van der Waals surface area (Å²) in [6.07, 6.45) is 12.1. The van der Waals surface area contributed by atoms with Gasteiger partial charge < -0.3 is 9.84 Å². The average molecular weight is 370 g/mol. The number of nitrogens with zero attached hydrogens (tertiary/aromatic N) is 1. The van der Waals surface area contributed by atoms with E-state index < -0.39 is 0 Å². The molecule has 27 heavy (non-hydrogen) atoms. The van der Waals surface area contributed by atoms with E-state index in [9.17, 15) is 5.11 Å². The van der Waals surface area contributed by atoms with Crippen LogP contribution in [0.25, 0.3) is 0 Å². The molecule has 1 unspecified atom stereocenters. The van der Waals surface area contributed by atoms with Crippen molar-refractivity contribution < 1.29 is 9.84 Å². The summed E-state index contributed by atoms with van der Waals surface area (Å²) in [7, 11) is 0. The highest BCUT2D eigenvalue weighted by Crippen LogP contribution is 2.58. The van der Waals surface area contributed by atoms with Crippen LogP contribution in [0.3, 0.4) is 0 Å². The van der Waals surface area contributed by atoms with Crippen molar-refractivity contribution in [3.05, 3.63) is 30.3 Å². The Balaban J connectivity index is 1.26. The van der Waals surface area contributed by atoms with E-state index in [0.717, 1.165) is 42.9 Å². The van der Waals surface area contributed by atoms with Crippen molar-refractivity contribution in [2.24, 2.45) is 23.2 Å². The lowest BCUT2D eigenvalue weighted by Crippen LogP contribution is -2.63. The van der Waals surface area contributed by atoms with E-state index in [1.807, 2.05) is 30.3 Å². The lowest BCUT2D eigenvalue weighted by atomic mass is 9.52. The Bertz CT molecular complexity index is 610. The number of para-hydroxylation sites is 1. The third kappa shape index (κ3) is 3.42. The molecule has 4 saturated carbocycles. The molecule has 148 valence electrons. The summed E-state index contributed by atoms with van der Waals surface area (Å²) in [6, 6.07) is 10.1. The summed E-state index contributed by atoms with van der Waals surface area (Å²) >= 11 is 0. The van der Waals surface area contributed by atoms with Crippen LogP contribution in [0, 0.1) is 23.2 Å².